The molecule has 33 heavy (non-hydrogen) atoms. The Labute approximate surface area is 196 Å². The average Bonchev–Trinajstić information content (AvgIpc) is 3.30. The van der Waals surface area contributed by atoms with Crippen LogP contribution < -0.4 is 5.32 Å². The second kappa shape index (κ2) is 9.87. The molecule has 0 saturated heterocycles. The number of nitrogens with zero attached hydrogens (tertiary/aromatic N) is 3. The van der Waals surface area contributed by atoms with Gasteiger partial charge < -0.3 is 9.84 Å². The molecule has 6 nitrogen and oxygen atoms in total. The summed E-state index contributed by atoms with van der Waals surface area (Å²) in [4.78, 5) is 19.4. The van der Waals surface area contributed by atoms with Crippen LogP contribution in [0.1, 0.15) is 62.6 Å². The molecule has 0 unspecified atom stereocenters. The van der Waals surface area contributed by atoms with Gasteiger partial charge in [-0.15, -0.1) is 0 Å². The van der Waals surface area contributed by atoms with E-state index in [4.69, 9.17) is 4.52 Å². The molecular weight excluding hydrogens is 412 g/mol. The predicted molar refractivity (Wildman–Crippen MR) is 130 cm³/mol. The minimum absolute atomic E-state index is 0.00141. The van der Waals surface area contributed by atoms with Gasteiger partial charge in [0.05, 0.1) is 0 Å². The van der Waals surface area contributed by atoms with Crippen LogP contribution in [0.25, 0.3) is 11.4 Å². The van der Waals surface area contributed by atoms with E-state index in [1.807, 2.05) is 12.1 Å². The molecule has 1 N–H and O–H groups in total. The van der Waals surface area contributed by atoms with E-state index in [1.54, 1.807) is 0 Å². The van der Waals surface area contributed by atoms with Crippen LogP contribution in [0.2, 0.25) is 0 Å². The third kappa shape index (κ3) is 5.69. The third-order valence-corrected chi connectivity index (χ3v) is 6.57. The van der Waals surface area contributed by atoms with Crippen molar-refractivity contribution >= 4 is 5.91 Å². The van der Waals surface area contributed by atoms with Crippen molar-refractivity contribution in [3.05, 3.63) is 71.1 Å². The number of amides is 1. The van der Waals surface area contributed by atoms with E-state index in [0.717, 1.165) is 25.1 Å². The van der Waals surface area contributed by atoms with Gasteiger partial charge >= 0.3 is 0 Å². The second-order valence-electron chi connectivity index (χ2n) is 9.82. The maximum absolute atomic E-state index is 12.5. The molecule has 6 heteroatoms. The van der Waals surface area contributed by atoms with E-state index in [9.17, 15) is 4.79 Å². The molecule has 1 aliphatic rings. The van der Waals surface area contributed by atoms with Gasteiger partial charge in [0.2, 0.25) is 17.6 Å². The molecule has 1 aromatic heterocycles. The van der Waals surface area contributed by atoms with Crippen LogP contribution in [0.4, 0.5) is 0 Å². The maximum Gasteiger partial charge on any atom is 0.227 e. The van der Waals surface area contributed by atoms with Crippen molar-refractivity contribution in [2.75, 3.05) is 13.1 Å². The van der Waals surface area contributed by atoms with Crippen molar-refractivity contribution in [2.45, 2.75) is 65.0 Å². The number of benzene rings is 2. The van der Waals surface area contributed by atoms with Gasteiger partial charge in [0.15, 0.2) is 0 Å². The van der Waals surface area contributed by atoms with Gasteiger partial charge in [-0.3, -0.25) is 9.69 Å². The molecule has 0 saturated carbocycles. The van der Waals surface area contributed by atoms with Crippen molar-refractivity contribution in [1.82, 2.24) is 20.4 Å². The highest BCUT2D eigenvalue weighted by Crippen LogP contribution is 2.25. The molecule has 0 spiro atoms. The number of hydrogen-bond acceptors (Lipinski definition) is 5. The molecule has 1 amide bonds. The Balaban J connectivity index is 1.26. The Morgan fingerprint density at radius 2 is 1.85 bits per heavy atom. The molecule has 1 aliphatic heterocycles. The number of nitrogens with one attached hydrogen (secondary N) is 1. The van der Waals surface area contributed by atoms with Crippen LogP contribution in [0, 0.1) is 0 Å². The number of rotatable bonds is 8. The van der Waals surface area contributed by atoms with Gasteiger partial charge in [0, 0.05) is 43.6 Å². The lowest BCUT2D eigenvalue weighted by molar-refractivity contribution is -0.121. The number of aromatic nitrogens is 2. The lowest BCUT2D eigenvalue weighted by Gasteiger charge is -2.41. The lowest BCUT2D eigenvalue weighted by Crippen LogP contribution is -2.53. The van der Waals surface area contributed by atoms with Gasteiger partial charge in [-0.25, -0.2) is 0 Å². The van der Waals surface area contributed by atoms with Crippen molar-refractivity contribution < 1.29 is 9.32 Å². The van der Waals surface area contributed by atoms with E-state index in [0.29, 0.717) is 37.0 Å². The molecule has 2 heterocycles. The Morgan fingerprint density at radius 3 is 2.58 bits per heavy atom. The zero-order valence-electron chi connectivity index (χ0n) is 20.1. The van der Waals surface area contributed by atoms with Crippen molar-refractivity contribution in [2.24, 2.45) is 0 Å². The van der Waals surface area contributed by atoms with E-state index in [1.165, 1.54) is 16.7 Å². The molecule has 0 bridgehead atoms. The Kier molecular flexibility index (Phi) is 6.94. The highest BCUT2D eigenvalue weighted by atomic mass is 16.5. The number of hydrogen-bond donors (Lipinski definition) is 1. The predicted octanol–water partition coefficient (Wildman–Crippen LogP) is 4.75. The summed E-state index contributed by atoms with van der Waals surface area (Å²) in [6.07, 6.45) is 1.81. The number of fused-ring (bicyclic) bond motifs is 1. The van der Waals surface area contributed by atoms with E-state index in [-0.39, 0.29) is 11.4 Å². The first kappa shape index (κ1) is 23.2. The van der Waals surface area contributed by atoms with Gasteiger partial charge in [0.25, 0.3) is 0 Å². The van der Waals surface area contributed by atoms with Gasteiger partial charge in [-0.1, -0.05) is 67.5 Å². The maximum atomic E-state index is 12.5. The minimum atomic E-state index is -0.122. The van der Waals surface area contributed by atoms with E-state index in [2.05, 4.69) is 84.5 Å². The highest BCUT2D eigenvalue weighted by molar-refractivity contribution is 5.76. The smallest absolute Gasteiger partial charge is 0.227 e. The molecule has 0 radical (unpaired) electrons. The Hall–Kier alpha value is -2.99. The summed E-state index contributed by atoms with van der Waals surface area (Å²) in [5.41, 5.74) is 4.89. The summed E-state index contributed by atoms with van der Waals surface area (Å²) < 4.78 is 5.37. The first-order valence-electron chi connectivity index (χ1n) is 11.8. The molecule has 0 fully saturated rings. The van der Waals surface area contributed by atoms with Crippen LogP contribution in [0.3, 0.4) is 0 Å². The third-order valence-electron chi connectivity index (χ3n) is 6.57. The lowest BCUT2D eigenvalue weighted by atomic mass is 9.94. The summed E-state index contributed by atoms with van der Waals surface area (Å²) >= 11 is 0. The second-order valence-corrected chi connectivity index (χ2v) is 9.82. The van der Waals surface area contributed by atoms with Crippen LogP contribution in [-0.4, -0.2) is 39.6 Å². The molecule has 0 atom stereocenters. The first-order valence-corrected chi connectivity index (χ1v) is 11.8. The molecule has 0 aliphatic carbocycles. The molecular formula is C27H34N4O2. The number of carbonyl (C=O) groups is 1. The normalized spacial score (nSPS) is 14.3. The SMILES string of the molecule is CC(C)c1ccc(-c2noc(CCC(=O)NCC(C)(C)N3CCc4ccccc4C3)n2)cc1. The van der Waals surface area contributed by atoms with Gasteiger partial charge in [-0.05, 0) is 42.9 Å². The number of aryl methyl sites for hydroxylation is 1. The monoisotopic (exact) mass is 446 g/mol. The minimum Gasteiger partial charge on any atom is -0.354 e. The Morgan fingerprint density at radius 1 is 1.12 bits per heavy atom. The molecule has 2 aromatic carbocycles. The summed E-state index contributed by atoms with van der Waals surface area (Å²) in [7, 11) is 0. The topological polar surface area (TPSA) is 71.3 Å². The van der Waals surface area contributed by atoms with Crippen LogP contribution in [0.5, 0.6) is 0 Å². The molecule has 3 aromatic rings. The standard InChI is InChI=1S/C27H34N4O2/c1-19(2)20-9-11-22(12-10-20)26-29-25(33-30-26)14-13-24(32)28-18-27(3,4)31-16-15-21-7-5-6-8-23(21)17-31/h5-12,19H,13-18H2,1-4H3,(H,28,32). The van der Waals surface area contributed by atoms with Gasteiger partial charge in [0.1, 0.15) is 0 Å². The zero-order chi connectivity index (χ0) is 23.4. The number of carbonyl (C=O) groups excluding carboxylic acids is 1. The van der Waals surface area contributed by atoms with Crippen LogP contribution in [0.15, 0.2) is 53.1 Å². The van der Waals surface area contributed by atoms with Crippen molar-refractivity contribution in [3.8, 4) is 11.4 Å². The summed E-state index contributed by atoms with van der Waals surface area (Å²) in [5.74, 6) is 1.53. The fraction of sp³-hybridized carbons (Fsp3) is 0.444. The van der Waals surface area contributed by atoms with E-state index >= 15 is 0 Å². The fourth-order valence-electron chi connectivity index (χ4n) is 4.24. The van der Waals surface area contributed by atoms with E-state index < -0.39 is 0 Å². The largest absolute Gasteiger partial charge is 0.354 e. The van der Waals surface area contributed by atoms with Crippen LogP contribution in [-0.2, 0) is 24.2 Å². The zero-order valence-corrected chi connectivity index (χ0v) is 20.1. The summed E-state index contributed by atoms with van der Waals surface area (Å²) in [6, 6.07) is 16.8. The quantitative estimate of drug-likeness (QED) is 0.541. The molecule has 174 valence electrons. The summed E-state index contributed by atoms with van der Waals surface area (Å²) in [5, 5.41) is 7.18. The van der Waals surface area contributed by atoms with Crippen LogP contribution >= 0.6 is 0 Å². The first-order chi connectivity index (χ1) is 15.8. The fourth-order valence-corrected chi connectivity index (χ4v) is 4.24. The summed E-state index contributed by atoms with van der Waals surface area (Å²) in [6.45, 7) is 11.2. The van der Waals surface area contributed by atoms with Gasteiger partial charge in [-0.2, -0.15) is 4.98 Å². The Bertz CT molecular complexity index is 1090. The van der Waals surface area contributed by atoms with Crippen molar-refractivity contribution in [1.29, 1.82) is 0 Å². The average molecular weight is 447 g/mol. The molecule has 4 rings (SSSR count). The highest BCUT2D eigenvalue weighted by Gasteiger charge is 2.30. The van der Waals surface area contributed by atoms with Crippen molar-refractivity contribution in [3.63, 3.8) is 0 Å².